The predicted octanol–water partition coefficient (Wildman–Crippen LogP) is 4.69. The van der Waals surface area contributed by atoms with Crippen molar-refractivity contribution in [3.63, 3.8) is 0 Å². The topological polar surface area (TPSA) is 51.1 Å². The second kappa shape index (κ2) is 10.8. The van der Waals surface area contributed by atoms with Gasteiger partial charge in [0.25, 0.3) is 0 Å². The molecular weight excluding hydrogens is 392 g/mol. The van der Waals surface area contributed by atoms with E-state index < -0.39 is 0 Å². The summed E-state index contributed by atoms with van der Waals surface area (Å²) in [5.41, 5.74) is 4.90. The van der Waals surface area contributed by atoms with E-state index in [1.54, 1.807) is 0 Å². The number of nitrogens with zero attached hydrogens (tertiary/aromatic N) is 1. The number of likely N-dealkylation sites (tertiary alicyclic amines) is 1. The van der Waals surface area contributed by atoms with E-state index in [-0.39, 0.29) is 5.41 Å². The molecule has 0 bridgehead atoms. The Hall–Kier alpha value is -1.91. The average molecular weight is 435 g/mol. The van der Waals surface area contributed by atoms with Gasteiger partial charge in [0, 0.05) is 37.8 Å². The summed E-state index contributed by atoms with van der Waals surface area (Å²) in [6.45, 7) is 12.8. The number of piperidine rings is 1. The molecule has 2 saturated heterocycles. The Morgan fingerprint density at radius 1 is 1.22 bits per heavy atom. The summed E-state index contributed by atoms with van der Waals surface area (Å²) in [5, 5.41) is 15.5. The second-order valence-corrected chi connectivity index (χ2v) is 10.5. The minimum Gasteiger partial charge on any atom is -0.391 e. The van der Waals surface area contributed by atoms with Crippen LogP contribution in [0.2, 0.25) is 0 Å². The molecule has 1 atom stereocenters. The highest BCUT2D eigenvalue weighted by molar-refractivity contribution is 6.01. The molecular formula is C28H42N4. The van der Waals surface area contributed by atoms with Crippen molar-refractivity contribution in [2.45, 2.75) is 51.9 Å². The first-order valence-electron chi connectivity index (χ1n) is 12.7. The van der Waals surface area contributed by atoms with Gasteiger partial charge in [0.15, 0.2) is 0 Å². The minimum absolute atomic E-state index is 0.214. The fourth-order valence-corrected chi connectivity index (χ4v) is 5.80. The molecule has 0 saturated carbocycles. The summed E-state index contributed by atoms with van der Waals surface area (Å²) in [5.74, 6) is 1.60. The molecule has 3 aliphatic rings. The molecule has 0 aromatic heterocycles. The summed E-state index contributed by atoms with van der Waals surface area (Å²) in [6, 6.07) is 6.71. The molecule has 0 spiro atoms. The lowest BCUT2D eigenvalue weighted by Gasteiger charge is -2.41. The summed E-state index contributed by atoms with van der Waals surface area (Å²) in [7, 11) is 0. The van der Waals surface area contributed by atoms with E-state index in [9.17, 15) is 0 Å². The van der Waals surface area contributed by atoms with Gasteiger partial charge in [-0.3, -0.25) is 4.90 Å². The van der Waals surface area contributed by atoms with Gasteiger partial charge >= 0.3 is 0 Å². The van der Waals surface area contributed by atoms with Gasteiger partial charge in [-0.1, -0.05) is 36.4 Å². The van der Waals surface area contributed by atoms with Crippen molar-refractivity contribution in [1.29, 1.82) is 5.41 Å². The van der Waals surface area contributed by atoms with Crippen LogP contribution in [0.4, 0.5) is 0 Å². The monoisotopic (exact) mass is 434 g/mol. The standard InChI is InChI=1S/C28H42N4/c1-3-30-13-12-28(18-25-7-6-22(2)17-26(25)27(29)19-28)11-8-23-9-15-32(16-10-23)14-4-5-24-20-31-21-24/h3-7,17,23-24,29-31H,1,8-16,18-21H2,2H3/b5-4+,29-27?. The van der Waals surface area contributed by atoms with Crippen LogP contribution < -0.4 is 10.6 Å². The van der Waals surface area contributed by atoms with E-state index in [2.05, 4.69) is 59.4 Å². The molecule has 0 amide bonds. The predicted molar refractivity (Wildman–Crippen MR) is 135 cm³/mol. The Labute approximate surface area is 195 Å². The molecule has 4 nitrogen and oxygen atoms in total. The van der Waals surface area contributed by atoms with Crippen molar-refractivity contribution >= 4 is 5.71 Å². The maximum absolute atomic E-state index is 8.81. The van der Waals surface area contributed by atoms with Gasteiger partial charge in [-0.25, -0.2) is 0 Å². The third-order valence-electron chi connectivity index (χ3n) is 8.03. The summed E-state index contributed by atoms with van der Waals surface area (Å²) >= 11 is 0. The van der Waals surface area contributed by atoms with Gasteiger partial charge in [0.2, 0.25) is 0 Å². The molecule has 1 aliphatic carbocycles. The van der Waals surface area contributed by atoms with Crippen molar-refractivity contribution in [3.05, 3.63) is 59.8 Å². The molecule has 174 valence electrons. The Bertz CT molecular complexity index is 817. The minimum atomic E-state index is 0.214. The van der Waals surface area contributed by atoms with Gasteiger partial charge in [-0.15, -0.1) is 0 Å². The third kappa shape index (κ3) is 5.90. The van der Waals surface area contributed by atoms with Crippen molar-refractivity contribution in [2.24, 2.45) is 17.3 Å². The molecule has 2 aliphatic heterocycles. The Balaban J connectivity index is 1.31. The maximum atomic E-state index is 8.81. The highest BCUT2D eigenvalue weighted by Crippen LogP contribution is 2.43. The van der Waals surface area contributed by atoms with Crippen LogP contribution in [0, 0.1) is 29.6 Å². The third-order valence-corrected chi connectivity index (χ3v) is 8.03. The highest BCUT2D eigenvalue weighted by Gasteiger charge is 2.37. The van der Waals surface area contributed by atoms with Crippen LogP contribution >= 0.6 is 0 Å². The van der Waals surface area contributed by atoms with Crippen molar-refractivity contribution < 1.29 is 0 Å². The Morgan fingerprint density at radius 3 is 2.75 bits per heavy atom. The lowest BCUT2D eigenvalue weighted by Crippen LogP contribution is -2.40. The molecule has 1 unspecified atom stereocenters. The van der Waals surface area contributed by atoms with Gasteiger partial charge in [0.05, 0.1) is 0 Å². The fraction of sp³-hybridized carbons (Fsp3) is 0.607. The van der Waals surface area contributed by atoms with E-state index in [4.69, 9.17) is 5.41 Å². The van der Waals surface area contributed by atoms with Crippen LogP contribution in [0.25, 0.3) is 0 Å². The molecule has 1 aromatic rings. The first kappa shape index (κ1) is 23.3. The zero-order valence-electron chi connectivity index (χ0n) is 20.0. The zero-order chi connectivity index (χ0) is 22.4. The summed E-state index contributed by atoms with van der Waals surface area (Å²) < 4.78 is 0. The smallest absolute Gasteiger partial charge is 0.0394 e. The number of benzene rings is 1. The van der Waals surface area contributed by atoms with E-state index in [1.165, 1.54) is 55.5 Å². The zero-order valence-corrected chi connectivity index (χ0v) is 20.0. The number of hydrogen-bond donors (Lipinski definition) is 3. The SMILES string of the molecule is C=CNCCC1(CCC2CCN(C/C=C/C3CNC3)CC2)CC(=N)c2cc(C)ccc2C1. The lowest BCUT2D eigenvalue weighted by atomic mass is 9.65. The Morgan fingerprint density at radius 2 is 2.03 bits per heavy atom. The van der Waals surface area contributed by atoms with Gasteiger partial charge in [-0.2, -0.15) is 0 Å². The van der Waals surface area contributed by atoms with Crippen LogP contribution in [0.3, 0.4) is 0 Å². The number of aryl methyl sites for hydroxylation is 1. The van der Waals surface area contributed by atoms with Crippen LogP contribution in [0.15, 0.2) is 43.1 Å². The van der Waals surface area contributed by atoms with Crippen LogP contribution in [0.1, 0.15) is 55.2 Å². The maximum Gasteiger partial charge on any atom is 0.0394 e. The fourth-order valence-electron chi connectivity index (χ4n) is 5.80. The molecule has 2 heterocycles. The first-order chi connectivity index (χ1) is 15.6. The van der Waals surface area contributed by atoms with Crippen molar-refractivity contribution in [2.75, 3.05) is 39.3 Å². The van der Waals surface area contributed by atoms with Crippen LogP contribution in [-0.2, 0) is 6.42 Å². The van der Waals surface area contributed by atoms with E-state index in [0.717, 1.165) is 63.0 Å². The quantitative estimate of drug-likeness (QED) is 0.370. The molecule has 0 radical (unpaired) electrons. The first-order valence-corrected chi connectivity index (χ1v) is 12.7. The largest absolute Gasteiger partial charge is 0.391 e. The van der Waals surface area contributed by atoms with Crippen molar-refractivity contribution in [1.82, 2.24) is 15.5 Å². The molecule has 4 rings (SSSR count). The van der Waals surface area contributed by atoms with E-state index in [1.807, 2.05) is 6.20 Å². The molecule has 3 N–H and O–H groups in total. The van der Waals surface area contributed by atoms with Gasteiger partial charge in [0.1, 0.15) is 0 Å². The normalized spacial score (nSPS) is 25.0. The molecule has 32 heavy (non-hydrogen) atoms. The number of fused-ring (bicyclic) bond motifs is 1. The van der Waals surface area contributed by atoms with E-state index in [0.29, 0.717) is 0 Å². The number of rotatable bonds is 10. The molecule has 2 fully saturated rings. The molecule has 4 heteroatoms. The van der Waals surface area contributed by atoms with Crippen LogP contribution in [0.5, 0.6) is 0 Å². The number of hydrogen-bond acceptors (Lipinski definition) is 4. The second-order valence-electron chi connectivity index (χ2n) is 10.5. The molecule has 1 aromatic carbocycles. The summed E-state index contributed by atoms with van der Waals surface area (Å²) in [6.07, 6.45) is 15.0. The average Bonchev–Trinajstić information content (AvgIpc) is 2.76. The lowest BCUT2D eigenvalue weighted by molar-refractivity contribution is 0.163. The highest BCUT2D eigenvalue weighted by atomic mass is 15.1. The Kier molecular flexibility index (Phi) is 7.85. The van der Waals surface area contributed by atoms with E-state index >= 15 is 0 Å². The van der Waals surface area contributed by atoms with Gasteiger partial charge in [-0.05, 0) is 99.7 Å². The van der Waals surface area contributed by atoms with Crippen molar-refractivity contribution in [3.8, 4) is 0 Å². The van der Waals surface area contributed by atoms with Crippen LogP contribution in [-0.4, -0.2) is 49.9 Å². The summed E-state index contributed by atoms with van der Waals surface area (Å²) in [4.78, 5) is 2.62. The van der Waals surface area contributed by atoms with Gasteiger partial charge < -0.3 is 16.0 Å². The number of nitrogens with one attached hydrogen (secondary N) is 3.